The number of hydrogen-bond donors (Lipinski definition) is 3. The van der Waals surface area contributed by atoms with Gasteiger partial charge in [-0.05, 0) is 68.5 Å². The van der Waals surface area contributed by atoms with Gasteiger partial charge in [-0.1, -0.05) is 28.1 Å². The molecule has 0 aliphatic heterocycles. The van der Waals surface area contributed by atoms with Crippen LogP contribution in [0.25, 0.3) is 0 Å². The average Bonchev–Trinajstić information content (AvgIpc) is 3.27. The quantitative estimate of drug-likeness (QED) is 0.388. The average molecular weight is 516 g/mol. The van der Waals surface area contributed by atoms with E-state index >= 15 is 0 Å². The number of halogens is 1. The third-order valence-electron chi connectivity index (χ3n) is 4.20. The fourth-order valence-electron chi connectivity index (χ4n) is 2.83. The van der Waals surface area contributed by atoms with Crippen molar-refractivity contribution in [3.8, 4) is 5.75 Å². The number of amides is 2. The summed E-state index contributed by atoms with van der Waals surface area (Å²) in [5.41, 5.74) is 1.17. The van der Waals surface area contributed by atoms with Crippen LogP contribution in [-0.2, 0) is 6.54 Å². The second-order valence-corrected chi connectivity index (χ2v) is 8.35. The van der Waals surface area contributed by atoms with E-state index in [2.05, 4.69) is 31.9 Å². The third kappa shape index (κ3) is 6.41. The third-order valence-corrected chi connectivity index (χ3v) is 4.90. The van der Waals surface area contributed by atoms with Crippen LogP contribution in [-0.4, -0.2) is 23.0 Å². The molecule has 7 nitrogen and oxygen atoms in total. The first-order valence-corrected chi connectivity index (χ1v) is 11.0. The molecule has 0 unspecified atom stereocenters. The van der Waals surface area contributed by atoms with Crippen molar-refractivity contribution in [3.63, 3.8) is 0 Å². The number of carbonyl (C=O) groups is 2. The summed E-state index contributed by atoms with van der Waals surface area (Å²) in [5.74, 6) is 0.346. The topological polar surface area (TPSA) is 92.6 Å². The Bertz CT molecular complexity index is 1120. The summed E-state index contributed by atoms with van der Waals surface area (Å²) in [6.07, 6.45) is 1.44. The number of ether oxygens (including phenoxy) is 1. The Morgan fingerprint density at radius 3 is 2.56 bits per heavy atom. The van der Waals surface area contributed by atoms with Crippen molar-refractivity contribution in [3.05, 3.63) is 82.2 Å². The summed E-state index contributed by atoms with van der Waals surface area (Å²) in [5, 5.41) is 8.40. The highest BCUT2D eigenvalue weighted by Gasteiger charge is 2.17. The number of anilines is 1. The zero-order valence-corrected chi connectivity index (χ0v) is 19.9. The molecule has 0 atom stereocenters. The Balaban J connectivity index is 1.68. The molecule has 2 amide bonds. The fourth-order valence-corrected chi connectivity index (χ4v) is 3.39. The molecule has 32 heavy (non-hydrogen) atoms. The number of hydrogen-bond acceptors (Lipinski definition) is 5. The van der Waals surface area contributed by atoms with Gasteiger partial charge in [0.2, 0.25) is 0 Å². The van der Waals surface area contributed by atoms with E-state index in [4.69, 9.17) is 21.4 Å². The van der Waals surface area contributed by atoms with Crippen molar-refractivity contribution < 1.29 is 18.7 Å². The molecule has 0 saturated carbocycles. The molecule has 0 bridgehead atoms. The fraction of sp³-hybridized carbons (Fsp3) is 0.174. The lowest BCUT2D eigenvalue weighted by atomic mass is 10.1. The largest absolute Gasteiger partial charge is 0.490 e. The Hall–Kier alpha value is -3.17. The maximum atomic E-state index is 12.8. The molecule has 1 heterocycles. The van der Waals surface area contributed by atoms with Crippen molar-refractivity contribution in [2.75, 3.05) is 5.32 Å². The van der Waals surface area contributed by atoms with Crippen molar-refractivity contribution in [2.45, 2.75) is 26.5 Å². The van der Waals surface area contributed by atoms with Gasteiger partial charge in [0.25, 0.3) is 11.8 Å². The molecule has 0 radical (unpaired) electrons. The van der Waals surface area contributed by atoms with Crippen LogP contribution in [0.5, 0.6) is 5.75 Å². The van der Waals surface area contributed by atoms with Gasteiger partial charge < -0.3 is 19.8 Å². The molecule has 1 aromatic heterocycles. The highest BCUT2D eigenvalue weighted by molar-refractivity contribution is 9.10. The monoisotopic (exact) mass is 515 g/mol. The molecule has 2 aromatic carbocycles. The number of benzene rings is 2. The molecule has 0 fully saturated rings. The summed E-state index contributed by atoms with van der Waals surface area (Å²) in [7, 11) is 0. The van der Waals surface area contributed by atoms with Crippen LogP contribution in [0.1, 0.15) is 40.3 Å². The molecule has 0 spiro atoms. The standard InChI is InChI=1S/C23H22BrN3O4S/c1-14(2)31-20-10-9-15(24)12-18(20)22(29)27-23(32)26-19-8-4-3-7-17(19)21(28)25-13-16-6-5-11-30-16/h3-12,14H,13H2,1-2H3,(H,25,28)(H2,26,27,29,32). The van der Waals surface area contributed by atoms with Crippen molar-refractivity contribution in [1.82, 2.24) is 10.6 Å². The van der Waals surface area contributed by atoms with E-state index in [1.54, 1.807) is 60.9 Å². The number of para-hydroxylation sites is 1. The predicted octanol–water partition coefficient (Wildman–Crippen LogP) is 4.89. The molecule has 3 N–H and O–H groups in total. The Morgan fingerprint density at radius 1 is 1.06 bits per heavy atom. The van der Waals surface area contributed by atoms with Crippen molar-refractivity contribution >= 4 is 50.8 Å². The van der Waals surface area contributed by atoms with E-state index in [0.717, 1.165) is 4.47 Å². The number of nitrogens with one attached hydrogen (secondary N) is 3. The summed E-state index contributed by atoms with van der Waals surface area (Å²) in [6.45, 7) is 4.01. The lowest BCUT2D eigenvalue weighted by Crippen LogP contribution is -2.35. The molecule has 0 aliphatic rings. The van der Waals surface area contributed by atoms with Gasteiger partial charge in [0.15, 0.2) is 5.11 Å². The van der Waals surface area contributed by atoms with E-state index < -0.39 is 5.91 Å². The first-order chi connectivity index (χ1) is 15.3. The summed E-state index contributed by atoms with van der Waals surface area (Å²) in [6, 6.07) is 15.6. The minimum Gasteiger partial charge on any atom is -0.490 e. The van der Waals surface area contributed by atoms with Crippen LogP contribution in [0.15, 0.2) is 69.8 Å². The second-order valence-electron chi connectivity index (χ2n) is 7.02. The van der Waals surface area contributed by atoms with Crippen LogP contribution in [0, 0.1) is 0 Å². The maximum Gasteiger partial charge on any atom is 0.261 e. The minimum absolute atomic E-state index is 0.0526. The van der Waals surface area contributed by atoms with Crippen LogP contribution in [0.3, 0.4) is 0 Å². The zero-order valence-electron chi connectivity index (χ0n) is 17.5. The summed E-state index contributed by atoms with van der Waals surface area (Å²) in [4.78, 5) is 25.4. The number of thiocarbonyl (C=S) groups is 1. The summed E-state index contributed by atoms with van der Waals surface area (Å²) >= 11 is 8.68. The second kappa shape index (κ2) is 10.9. The van der Waals surface area contributed by atoms with E-state index in [1.807, 2.05) is 13.8 Å². The van der Waals surface area contributed by atoms with E-state index in [9.17, 15) is 9.59 Å². The molecule has 3 rings (SSSR count). The van der Waals surface area contributed by atoms with Crippen LogP contribution in [0.4, 0.5) is 5.69 Å². The predicted molar refractivity (Wildman–Crippen MR) is 130 cm³/mol. The van der Waals surface area contributed by atoms with Gasteiger partial charge in [-0.25, -0.2) is 0 Å². The molecule has 3 aromatic rings. The smallest absolute Gasteiger partial charge is 0.261 e. The van der Waals surface area contributed by atoms with Gasteiger partial charge in [0, 0.05) is 4.47 Å². The van der Waals surface area contributed by atoms with Crippen molar-refractivity contribution in [2.24, 2.45) is 0 Å². The van der Waals surface area contributed by atoms with Crippen LogP contribution in [0.2, 0.25) is 0 Å². The number of rotatable bonds is 7. The lowest BCUT2D eigenvalue weighted by Gasteiger charge is -2.16. The summed E-state index contributed by atoms with van der Waals surface area (Å²) < 4.78 is 11.7. The Kier molecular flexibility index (Phi) is 8.02. The minimum atomic E-state index is -0.431. The Labute approximate surface area is 199 Å². The first-order valence-electron chi connectivity index (χ1n) is 9.81. The lowest BCUT2D eigenvalue weighted by molar-refractivity contribution is 0.0946. The highest BCUT2D eigenvalue weighted by Crippen LogP contribution is 2.24. The van der Waals surface area contributed by atoms with Crippen LogP contribution < -0.4 is 20.7 Å². The van der Waals surface area contributed by atoms with Crippen LogP contribution >= 0.6 is 28.1 Å². The molecular weight excluding hydrogens is 494 g/mol. The SMILES string of the molecule is CC(C)Oc1ccc(Br)cc1C(=O)NC(=S)Nc1ccccc1C(=O)NCc1ccco1. The maximum absolute atomic E-state index is 12.8. The van der Waals surface area contributed by atoms with Gasteiger partial charge in [-0.15, -0.1) is 0 Å². The normalized spacial score (nSPS) is 10.5. The first kappa shape index (κ1) is 23.5. The van der Waals surface area contributed by atoms with Gasteiger partial charge in [-0.3, -0.25) is 14.9 Å². The van der Waals surface area contributed by atoms with E-state index in [1.165, 1.54) is 0 Å². The number of carbonyl (C=O) groups excluding carboxylic acids is 2. The van der Waals surface area contributed by atoms with E-state index in [-0.39, 0.29) is 23.7 Å². The van der Waals surface area contributed by atoms with Gasteiger partial charge in [-0.2, -0.15) is 0 Å². The van der Waals surface area contributed by atoms with Gasteiger partial charge >= 0.3 is 0 Å². The molecule has 0 saturated heterocycles. The number of furan rings is 1. The molecule has 166 valence electrons. The molecule has 0 aliphatic carbocycles. The van der Waals surface area contributed by atoms with E-state index in [0.29, 0.717) is 28.3 Å². The van der Waals surface area contributed by atoms with Crippen molar-refractivity contribution in [1.29, 1.82) is 0 Å². The zero-order chi connectivity index (χ0) is 23.1. The molecular formula is C23H22BrN3O4S. The molecule has 9 heteroatoms. The van der Waals surface area contributed by atoms with Gasteiger partial charge in [0.05, 0.1) is 35.7 Å². The Morgan fingerprint density at radius 2 is 1.84 bits per heavy atom. The van der Waals surface area contributed by atoms with Gasteiger partial charge in [0.1, 0.15) is 11.5 Å². The highest BCUT2D eigenvalue weighted by atomic mass is 79.9.